The minimum absolute atomic E-state index is 0.279. The van der Waals surface area contributed by atoms with Crippen molar-refractivity contribution in [2.24, 2.45) is 5.73 Å². The van der Waals surface area contributed by atoms with E-state index in [-0.39, 0.29) is 5.91 Å². The van der Waals surface area contributed by atoms with E-state index in [4.69, 9.17) is 15.2 Å². The molecule has 0 spiro atoms. The van der Waals surface area contributed by atoms with Crippen LogP contribution in [0.2, 0.25) is 0 Å². The van der Waals surface area contributed by atoms with Crippen molar-refractivity contribution in [2.45, 2.75) is 52.0 Å². The van der Waals surface area contributed by atoms with E-state index in [2.05, 4.69) is 12.2 Å². The summed E-state index contributed by atoms with van der Waals surface area (Å²) in [6.07, 6.45) is 3.59. The standard InChI is InChI=1S/C14H30N2O3/c1-4-9-16-14(3,13(15)17)8-6-7-10-19-12-11-18-5-2/h16H,4-12H2,1-3H3,(H2,15,17). The molecule has 19 heavy (non-hydrogen) atoms. The minimum Gasteiger partial charge on any atom is -0.379 e. The van der Waals surface area contributed by atoms with Gasteiger partial charge in [0.2, 0.25) is 5.91 Å². The summed E-state index contributed by atoms with van der Waals surface area (Å²) in [4.78, 5) is 11.5. The van der Waals surface area contributed by atoms with Crippen LogP contribution in [0.3, 0.4) is 0 Å². The highest BCUT2D eigenvalue weighted by Gasteiger charge is 2.29. The van der Waals surface area contributed by atoms with Gasteiger partial charge in [0.1, 0.15) is 0 Å². The molecule has 0 saturated heterocycles. The molecule has 3 N–H and O–H groups in total. The van der Waals surface area contributed by atoms with E-state index >= 15 is 0 Å². The van der Waals surface area contributed by atoms with Crippen molar-refractivity contribution in [3.05, 3.63) is 0 Å². The third-order valence-corrected chi connectivity index (χ3v) is 3.10. The summed E-state index contributed by atoms with van der Waals surface area (Å²) < 4.78 is 10.6. The van der Waals surface area contributed by atoms with Crippen LogP contribution in [0.15, 0.2) is 0 Å². The van der Waals surface area contributed by atoms with Crippen LogP contribution in [0, 0.1) is 0 Å². The van der Waals surface area contributed by atoms with Gasteiger partial charge in [-0.3, -0.25) is 4.79 Å². The average molecular weight is 274 g/mol. The first-order valence-corrected chi connectivity index (χ1v) is 7.27. The second-order valence-electron chi connectivity index (χ2n) is 4.89. The number of rotatable bonds is 13. The fourth-order valence-corrected chi connectivity index (χ4v) is 1.75. The van der Waals surface area contributed by atoms with Crippen LogP contribution in [-0.4, -0.2) is 44.4 Å². The molecule has 0 aromatic carbocycles. The highest BCUT2D eigenvalue weighted by molar-refractivity contribution is 5.84. The molecule has 1 amide bonds. The molecule has 0 radical (unpaired) electrons. The highest BCUT2D eigenvalue weighted by Crippen LogP contribution is 2.13. The number of ether oxygens (including phenoxy) is 2. The molecule has 0 saturated carbocycles. The van der Waals surface area contributed by atoms with Gasteiger partial charge in [-0.15, -0.1) is 0 Å². The summed E-state index contributed by atoms with van der Waals surface area (Å²) in [5, 5.41) is 3.23. The van der Waals surface area contributed by atoms with E-state index in [9.17, 15) is 4.79 Å². The molecule has 0 aromatic rings. The van der Waals surface area contributed by atoms with E-state index in [1.54, 1.807) is 0 Å². The van der Waals surface area contributed by atoms with Crippen LogP contribution in [0.1, 0.15) is 46.5 Å². The van der Waals surface area contributed by atoms with E-state index in [1.165, 1.54) is 0 Å². The molecule has 0 rings (SSSR count). The van der Waals surface area contributed by atoms with E-state index in [1.807, 2.05) is 13.8 Å². The second-order valence-corrected chi connectivity index (χ2v) is 4.89. The van der Waals surface area contributed by atoms with Gasteiger partial charge in [0, 0.05) is 13.2 Å². The molecule has 0 bridgehead atoms. The summed E-state index contributed by atoms with van der Waals surface area (Å²) in [5.41, 5.74) is 4.86. The monoisotopic (exact) mass is 274 g/mol. The fraction of sp³-hybridized carbons (Fsp3) is 0.929. The molecular formula is C14H30N2O3. The molecule has 5 nitrogen and oxygen atoms in total. The van der Waals surface area contributed by atoms with Gasteiger partial charge in [-0.05, 0) is 46.1 Å². The topological polar surface area (TPSA) is 73.6 Å². The van der Waals surface area contributed by atoms with Crippen LogP contribution in [0.25, 0.3) is 0 Å². The van der Waals surface area contributed by atoms with Crippen molar-refractivity contribution in [1.29, 1.82) is 0 Å². The van der Waals surface area contributed by atoms with Gasteiger partial charge in [0.25, 0.3) is 0 Å². The van der Waals surface area contributed by atoms with Crippen LogP contribution in [0.5, 0.6) is 0 Å². The maximum absolute atomic E-state index is 11.5. The molecule has 0 aliphatic rings. The Balaban J connectivity index is 3.67. The third-order valence-electron chi connectivity index (χ3n) is 3.10. The summed E-state index contributed by atoms with van der Waals surface area (Å²) in [7, 11) is 0. The lowest BCUT2D eigenvalue weighted by Crippen LogP contribution is -2.53. The third kappa shape index (κ3) is 8.97. The van der Waals surface area contributed by atoms with Crippen molar-refractivity contribution >= 4 is 5.91 Å². The molecule has 0 aliphatic carbocycles. The van der Waals surface area contributed by atoms with Gasteiger partial charge < -0.3 is 20.5 Å². The molecule has 114 valence electrons. The van der Waals surface area contributed by atoms with E-state index < -0.39 is 5.54 Å². The second kappa shape index (κ2) is 11.2. The quantitative estimate of drug-likeness (QED) is 0.499. The van der Waals surface area contributed by atoms with Gasteiger partial charge >= 0.3 is 0 Å². The van der Waals surface area contributed by atoms with Crippen LogP contribution in [-0.2, 0) is 14.3 Å². The van der Waals surface area contributed by atoms with Gasteiger partial charge in [0.15, 0.2) is 0 Å². The Labute approximate surface area is 117 Å². The van der Waals surface area contributed by atoms with Crippen molar-refractivity contribution < 1.29 is 14.3 Å². The maximum atomic E-state index is 11.5. The van der Waals surface area contributed by atoms with Gasteiger partial charge in [-0.2, -0.15) is 0 Å². The number of hydrogen-bond donors (Lipinski definition) is 2. The maximum Gasteiger partial charge on any atom is 0.237 e. The molecular weight excluding hydrogens is 244 g/mol. The number of carbonyl (C=O) groups is 1. The lowest BCUT2D eigenvalue weighted by atomic mass is 9.94. The van der Waals surface area contributed by atoms with Gasteiger partial charge in [0.05, 0.1) is 18.8 Å². The zero-order valence-corrected chi connectivity index (χ0v) is 12.7. The Hall–Kier alpha value is -0.650. The Morgan fingerprint density at radius 2 is 1.84 bits per heavy atom. The predicted molar refractivity (Wildman–Crippen MR) is 77.1 cm³/mol. The zero-order chi connectivity index (χ0) is 14.6. The number of unbranched alkanes of at least 4 members (excludes halogenated alkanes) is 1. The lowest BCUT2D eigenvalue weighted by molar-refractivity contribution is -0.124. The zero-order valence-electron chi connectivity index (χ0n) is 12.7. The molecule has 0 aliphatic heterocycles. The van der Waals surface area contributed by atoms with Crippen LogP contribution >= 0.6 is 0 Å². The minimum atomic E-state index is -0.596. The first-order valence-electron chi connectivity index (χ1n) is 7.27. The first-order chi connectivity index (χ1) is 9.06. The Kier molecular flexibility index (Phi) is 10.8. The largest absolute Gasteiger partial charge is 0.379 e. The van der Waals surface area contributed by atoms with E-state index in [0.717, 1.165) is 38.8 Å². The Morgan fingerprint density at radius 1 is 1.16 bits per heavy atom. The number of nitrogens with two attached hydrogens (primary N) is 1. The van der Waals surface area contributed by atoms with Crippen LogP contribution in [0.4, 0.5) is 0 Å². The molecule has 1 atom stereocenters. The number of nitrogens with one attached hydrogen (secondary N) is 1. The summed E-state index contributed by atoms with van der Waals surface area (Å²) in [6.45, 7) is 9.43. The lowest BCUT2D eigenvalue weighted by Gasteiger charge is -2.27. The van der Waals surface area contributed by atoms with Crippen molar-refractivity contribution in [2.75, 3.05) is 33.0 Å². The molecule has 1 unspecified atom stereocenters. The Morgan fingerprint density at radius 3 is 2.42 bits per heavy atom. The first kappa shape index (κ1) is 18.4. The van der Waals surface area contributed by atoms with Crippen molar-refractivity contribution in [3.63, 3.8) is 0 Å². The predicted octanol–water partition coefficient (Wildman–Crippen LogP) is 1.45. The van der Waals surface area contributed by atoms with Crippen LogP contribution < -0.4 is 11.1 Å². The summed E-state index contributed by atoms with van der Waals surface area (Å²) in [6, 6.07) is 0. The van der Waals surface area contributed by atoms with Gasteiger partial charge in [-0.25, -0.2) is 0 Å². The fourth-order valence-electron chi connectivity index (χ4n) is 1.75. The number of amides is 1. The smallest absolute Gasteiger partial charge is 0.237 e. The number of primary amides is 1. The average Bonchev–Trinajstić information content (AvgIpc) is 2.39. The Bertz CT molecular complexity index is 237. The number of hydrogen-bond acceptors (Lipinski definition) is 4. The van der Waals surface area contributed by atoms with Gasteiger partial charge in [-0.1, -0.05) is 6.92 Å². The van der Waals surface area contributed by atoms with Crippen molar-refractivity contribution in [1.82, 2.24) is 5.32 Å². The highest BCUT2D eigenvalue weighted by atomic mass is 16.5. The molecule has 0 heterocycles. The number of carbonyl (C=O) groups excluding carboxylic acids is 1. The van der Waals surface area contributed by atoms with Crippen molar-refractivity contribution in [3.8, 4) is 0 Å². The summed E-state index contributed by atoms with van der Waals surface area (Å²) in [5.74, 6) is -0.279. The SMILES string of the molecule is CCCNC(C)(CCCCOCCOCC)C(N)=O. The molecule has 5 heteroatoms. The summed E-state index contributed by atoms with van der Waals surface area (Å²) >= 11 is 0. The molecule has 0 aromatic heterocycles. The normalized spacial score (nSPS) is 14.3. The molecule has 0 fully saturated rings. The van der Waals surface area contributed by atoms with E-state index in [0.29, 0.717) is 19.8 Å².